The van der Waals surface area contributed by atoms with E-state index in [0.29, 0.717) is 6.54 Å². The highest BCUT2D eigenvalue weighted by Gasteiger charge is 2.24. The summed E-state index contributed by atoms with van der Waals surface area (Å²) in [5, 5.41) is 0.784. The van der Waals surface area contributed by atoms with Crippen LogP contribution >= 0.6 is 23.1 Å². The van der Waals surface area contributed by atoms with Gasteiger partial charge in [-0.2, -0.15) is 0 Å². The number of aryl methyl sites for hydroxylation is 2. The first kappa shape index (κ1) is 22.8. The second-order valence-electron chi connectivity index (χ2n) is 7.26. The minimum Gasteiger partial charge on any atom is -0.302 e. The molecule has 160 valence electrons. The number of amides is 1. The first-order valence-corrected chi connectivity index (χ1v) is 12.4. The van der Waals surface area contributed by atoms with Crippen LogP contribution < -0.4 is 4.90 Å². The molecule has 0 saturated carbocycles. The number of rotatable bonds is 9. The van der Waals surface area contributed by atoms with Crippen LogP contribution in [0, 0.1) is 13.8 Å². The fourth-order valence-corrected chi connectivity index (χ4v) is 5.31. The van der Waals surface area contributed by atoms with Gasteiger partial charge in [-0.25, -0.2) is 4.98 Å². The standard InChI is InChI=1S/C24H31N3OS2/c1-6-26(7-2)15-16-27(23(28)19-11-9-10-12-20(19)29-8-3)24-25-22-18(5)17(4)13-14-21(22)30-24/h9-14H,6-8,15-16H2,1-5H3. The second-order valence-corrected chi connectivity index (χ2v) is 9.58. The quantitative estimate of drug-likeness (QED) is 0.381. The molecule has 4 nitrogen and oxygen atoms in total. The number of nitrogens with zero attached hydrogens (tertiary/aromatic N) is 3. The largest absolute Gasteiger partial charge is 0.302 e. The van der Waals surface area contributed by atoms with Gasteiger partial charge in [0.05, 0.1) is 15.8 Å². The monoisotopic (exact) mass is 441 g/mol. The number of benzene rings is 2. The molecule has 2 aromatic carbocycles. The minimum atomic E-state index is 0.0344. The van der Waals surface area contributed by atoms with Crippen molar-refractivity contribution in [1.29, 1.82) is 0 Å². The molecule has 0 spiro atoms. The summed E-state index contributed by atoms with van der Waals surface area (Å²) in [5.74, 6) is 0.968. The number of aromatic nitrogens is 1. The number of fused-ring (bicyclic) bond motifs is 1. The predicted octanol–water partition coefficient (Wildman–Crippen LogP) is 6.01. The van der Waals surface area contributed by atoms with Crippen LogP contribution in [0.2, 0.25) is 0 Å². The van der Waals surface area contributed by atoms with E-state index in [1.165, 1.54) is 11.1 Å². The van der Waals surface area contributed by atoms with E-state index in [1.807, 2.05) is 29.2 Å². The van der Waals surface area contributed by atoms with Crippen LogP contribution in [-0.2, 0) is 0 Å². The van der Waals surface area contributed by atoms with E-state index in [-0.39, 0.29) is 5.91 Å². The molecular weight excluding hydrogens is 410 g/mol. The summed E-state index contributed by atoms with van der Waals surface area (Å²) in [6, 6.07) is 12.2. The Morgan fingerprint density at radius 3 is 2.47 bits per heavy atom. The number of thioether (sulfide) groups is 1. The van der Waals surface area contributed by atoms with E-state index >= 15 is 0 Å². The summed E-state index contributed by atoms with van der Waals surface area (Å²) in [5.41, 5.74) is 4.18. The Bertz CT molecular complexity index is 1010. The number of carbonyl (C=O) groups is 1. The summed E-state index contributed by atoms with van der Waals surface area (Å²) in [6.45, 7) is 14.0. The van der Waals surface area contributed by atoms with Crippen molar-refractivity contribution in [2.75, 3.05) is 36.8 Å². The van der Waals surface area contributed by atoms with Crippen LogP contribution in [0.3, 0.4) is 0 Å². The molecule has 0 N–H and O–H groups in total. The summed E-state index contributed by atoms with van der Waals surface area (Å²) in [7, 11) is 0. The maximum atomic E-state index is 13.7. The van der Waals surface area contributed by atoms with Gasteiger partial charge in [0, 0.05) is 18.0 Å². The molecule has 0 atom stereocenters. The van der Waals surface area contributed by atoms with E-state index in [1.54, 1.807) is 23.1 Å². The lowest BCUT2D eigenvalue weighted by Crippen LogP contribution is -2.39. The lowest BCUT2D eigenvalue weighted by atomic mass is 10.1. The van der Waals surface area contributed by atoms with Gasteiger partial charge < -0.3 is 4.90 Å². The van der Waals surface area contributed by atoms with Gasteiger partial charge in [-0.3, -0.25) is 9.69 Å². The van der Waals surface area contributed by atoms with Crippen LogP contribution in [0.4, 0.5) is 5.13 Å². The minimum absolute atomic E-state index is 0.0344. The normalized spacial score (nSPS) is 11.4. The van der Waals surface area contributed by atoms with Crippen molar-refractivity contribution in [2.45, 2.75) is 39.5 Å². The fraction of sp³-hybridized carbons (Fsp3) is 0.417. The Labute approximate surface area is 188 Å². The van der Waals surface area contributed by atoms with Crippen LogP contribution in [0.15, 0.2) is 41.3 Å². The number of hydrogen-bond acceptors (Lipinski definition) is 5. The molecule has 0 unspecified atom stereocenters. The van der Waals surface area contributed by atoms with Gasteiger partial charge in [-0.1, -0.05) is 50.3 Å². The van der Waals surface area contributed by atoms with E-state index in [0.717, 1.165) is 51.2 Å². The van der Waals surface area contributed by atoms with Crippen molar-refractivity contribution >= 4 is 44.4 Å². The van der Waals surface area contributed by atoms with Crippen molar-refractivity contribution in [1.82, 2.24) is 9.88 Å². The average molecular weight is 442 g/mol. The molecule has 1 amide bonds. The van der Waals surface area contributed by atoms with Gasteiger partial charge in [-0.15, -0.1) is 11.8 Å². The summed E-state index contributed by atoms with van der Waals surface area (Å²) < 4.78 is 1.13. The maximum Gasteiger partial charge on any atom is 0.261 e. The molecule has 30 heavy (non-hydrogen) atoms. The Morgan fingerprint density at radius 2 is 1.77 bits per heavy atom. The zero-order valence-corrected chi connectivity index (χ0v) is 20.2. The zero-order valence-electron chi connectivity index (χ0n) is 18.6. The Hall–Kier alpha value is -1.89. The number of thiazole rings is 1. The number of hydrogen-bond donors (Lipinski definition) is 0. The highest BCUT2D eigenvalue weighted by atomic mass is 32.2. The molecule has 0 aliphatic rings. The van der Waals surface area contributed by atoms with Crippen LogP contribution in [-0.4, -0.2) is 47.7 Å². The summed E-state index contributed by atoms with van der Waals surface area (Å²) in [6.07, 6.45) is 0. The van der Waals surface area contributed by atoms with E-state index in [2.05, 4.69) is 51.7 Å². The third-order valence-electron chi connectivity index (χ3n) is 5.50. The molecule has 0 radical (unpaired) electrons. The van der Waals surface area contributed by atoms with Crippen molar-refractivity contribution in [3.8, 4) is 0 Å². The summed E-state index contributed by atoms with van der Waals surface area (Å²) in [4.78, 5) is 23.9. The Kier molecular flexibility index (Phi) is 7.92. The van der Waals surface area contributed by atoms with E-state index in [4.69, 9.17) is 4.98 Å². The highest BCUT2D eigenvalue weighted by molar-refractivity contribution is 7.99. The van der Waals surface area contributed by atoms with Crippen LogP contribution in [0.5, 0.6) is 0 Å². The molecule has 3 rings (SSSR count). The van der Waals surface area contributed by atoms with Gasteiger partial charge in [0.1, 0.15) is 0 Å². The predicted molar refractivity (Wildman–Crippen MR) is 131 cm³/mol. The Balaban J connectivity index is 2.03. The van der Waals surface area contributed by atoms with Crippen LogP contribution in [0.1, 0.15) is 42.3 Å². The second kappa shape index (κ2) is 10.4. The van der Waals surface area contributed by atoms with Gasteiger partial charge in [-0.05, 0) is 62.0 Å². The van der Waals surface area contributed by atoms with E-state index in [9.17, 15) is 4.79 Å². The fourth-order valence-electron chi connectivity index (χ4n) is 3.47. The van der Waals surface area contributed by atoms with Gasteiger partial charge in [0.25, 0.3) is 5.91 Å². The molecule has 3 aromatic rings. The summed E-state index contributed by atoms with van der Waals surface area (Å²) >= 11 is 3.32. The molecule has 0 bridgehead atoms. The third-order valence-corrected chi connectivity index (χ3v) is 7.50. The molecule has 0 aliphatic heterocycles. The molecule has 1 aromatic heterocycles. The number of likely N-dealkylation sites (N-methyl/N-ethyl adjacent to an activating group) is 1. The number of anilines is 1. The topological polar surface area (TPSA) is 36.4 Å². The van der Waals surface area contributed by atoms with E-state index < -0.39 is 0 Å². The smallest absolute Gasteiger partial charge is 0.261 e. The lowest BCUT2D eigenvalue weighted by molar-refractivity contribution is 0.0981. The van der Waals surface area contributed by atoms with Crippen molar-refractivity contribution < 1.29 is 4.79 Å². The molecule has 0 aliphatic carbocycles. The van der Waals surface area contributed by atoms with Crippen molar-refractivity contribution in [3.63, 3.8) is 0 Å². The molecule has 0 saturated heterocycles. The molecule has 0 fully saturated rings. The maximum absolute atomic E-state index is 13.7. The number of carbonyl (C=O) groups excluding carboxylic acids is 1. The lowest BCUT2D eigenvalue weighted by Gasteiger charge is -2.25. The van der Waals surface area contributed by atoms with Crippen molar-refractivity contribution in [3.05, 3.63) is 53.1 Å². The molecular formula is C24H31N3OS2. The van der Waals surface area contributed by atoms with Crippen LogP contribution in [0.25, 0.3) is 10.2 Å². The highest BCUT2D eigenvalue weighted by Crippen LogP contribution is 2.33. The SMILES string of the molecule is CCSc1ccccc1C(=O)N(CCN(CC)CC)c1nc2c(C)c(C)ccc2s1. The Morgan fingerprint density at radius 1 is 1.03 bits per heavy atom. The third kappa shape index (κ3) is 4.88. The van der Waals surface area contributed by atoms with Gasteiger partial charge in [0.2, 0.25) is 0 Å². The van der Waals surface area contributed by atoms with Gasteiger partial charge in [0.15, 0.2) is 5.13 Å². The average Bonchev–Trinajstić information content (AvgIpc) is 3.19. The van der Waals surface area contributed by atoms with Crippen molar-refractivity contribution in [2.24, 2.45) is 0 Å². The molecule has 1 heterocycles. The van der Waals surface area contributed by atoms with Gasteiger partial charge >= 0.3 is 0 Å². The first-order valence-electron chi connectivity index (χ1n) is 10.6. The molecule has 6 heteroatoms. The first-order chi connectivity index (χ1) is 14.5. The zero-order chi connectivity index (χ0) is 21.7.